The number of rotatable bonds is 11. The molecule has 29 heteroatoms. The lowest BCUT2D eigenvalue weighted by Gasteiger charge is -2.60. The molecule has 8 aliphatic rings. The minimum Gasteiger partial charge on any atom is -0.504 e. The first kappa shape index (κ1) is 78.3. The molecule has 0 saturated carbocycles. The molecule has 2 aromatic carbocycles. The van der Waals surface area contributed by atoms with Gasteiger partial charge in [-0.2, -0.15) is 10.5 Å². The Hall–Kier alpha value is -9.39. The number of nitrogens with zero attached hydrogens (tertiary/aromatic N) is 6. The number of hydrogen-bond donors (Lipinski definition) is 6. The molecule has 0 radical (unpaired) electrons. The van der Waals surface area contributed by atoms with Crippen LogP contribution in [0.1, 0.15) is 148 Å². The van der Waals surface area contributed by atoms with Gasteiger partial charge in [-0.3, -0.25) is 48.4 Å². The minimum absolute atomic E-state index is 0.00335. The van der Waals surface area contributed by atoms with Gasteiger partial charge in [0, 0.05) is 81.8 Å². The van der Waals surface area contributed by atoms with Gasteiger partial charge in [-0.1, -0.05) is 12.1 Å². The summed E-state index contributed by atoms with van der Waals surface area (Å²) < 4.78 is 40.9. The van der Waals surface area contributed by atoms with E-state index < -0.39 is 119 Å². The third-order valence-electron chi connectivity index (χ3n) is 19.6. The topological polar surface area (TPSA) is 391 Å². The van der Waals surface area contributed by atoms with Gasteiger partial charge in [0.2, 0.25) is 23.4 Å². The van der Waals surface area contributed by atoms with E-state index in [0.29, 0.717) is 46.6 Å². The number of nitrogens with one attached hydrogen (secondary N) is 3. The number of phenols is 2. The fourth-order valence-electron chi connectivity index (χ4n) is 15.5. The molecule has 0 aromatic heterocycles. The zero-order valence-electron chi connectivity index (χ0n) is 61.9. The molecular weight excluding hydrogens is 1320 g/mol. The highest BCUT2D eigenvalue weighted by molar-refractivity contribution is 6.26. The summed E-state index contributed by atoms with van der Waals surface area (Å²) in [6, 6.07) is 1.54. The molecule has 6 aliphatic heterocycles. The number of Topliss-reactive ketones (excluding diaryl/α,β-unsaturated/α-hetero) is 4. The molecule has 2 aliphatic carbocycles. The van der Waals surface area contributed by atoms with E-state index >= 15 is 0 Å². The molecule has 0 spiro atoms. The fourth-order valence-corrected chi connectivity index (χ4v) is 15.5. The van der Waals surface area contributed by atoms with E-state index in [1.165, 1.54) is 35.4 Å². The highest BCUT2D eigenvalue weighted by atomic mass is 16.8. The number of carbonyl (C=O) groups excluding carboxylic acids is 9. The number of hydrogen-bond acceptors (Lipinski definition) is 26. The molecule has 12 atom stereocenters. The number of aromatic hydroxyl groups is 2. The first-order valence-corrected chi connectivity index (χ1v) is 33.7. The van der Waals surface area contributed by atoms with Gasteiger partial charge >= 0.3 is 18.4 Å². The van der Waals surface area contributed by atoms with E-state index in [2.05, 4.69) is 42.6 Å². The molecule has 6 heterocycles. The highest BCUT2D eigenvalue weighted by Crippen LogP contribution is 2.56. The summed E-state index contributed by atoms with van der Waals surface area (Å²) in [5.41, 5.74) is 9.82. The Morgan fingerprint density at radius 1 is 0.569 bits per heavy atom. The van der Waals surface area contributed by atoms with Crippen LogP contribution in [0.25, 0.3) is 0 Å². The summed E-state index contributed by atoms with van der Waals surface area (Å²) in [4.78, 5) is 124. The van der Waals surface area contributed by atoms with Crippen molar-refractivity contribution in [2.75, 3.05) is 55.6 Å². The van der Waals surface area contributed by atoms with Crippen LogP contribution in [-0.4, -0.2) is 216 Å². The monoisotopic (exact) mass is 1420 g/mol. The lowest BCUT2D eigenvalue weighted by molar-refractivity contribution is -0.125. The lowest BCUT2D eigenvalue weighted by Crippen LogP contribution is -2.71. The normalized spacial score (nSPS) is 25.2. The highest BCUT2D eigenvalue weighted by Gasteiger charge is 2.60. The zero-order valence-corrected chi connectivity index (χ0v) is 61.9. The number of alkyl carbamates (subject to hydrolysis) is 1. The Morgan fingerprint density at radius 3 is 1.25 bits per heavy atom. The van der Waals surface area contributed by atoms with Gasteiger partial charge in [0.05, 0.1) is 70.8 Å². The third-order valence-corrected chi connectivity index (χ3v) is 19.6. The van der Waals surface area contributed by atoms with Gasteiger partial charge in [0.25, 0.3) is 0 Å². The number of aryl methyl sites for hydroxylation is 2. The first-order valence-electron chi connectivity index (χ1n) is 33.7. The van der Waals surface area contributed by atoms with E-state index in [-0.39, 0.29) is 94.9 Å². The number of ketones is 4. The van der Waals surface area contributed by atoms with Crippen molar-refractivity contribution in [2.24, 2.45) is 5.73 Å². The minimum atomic E-state index is -1.06. The van der Waals surface area contributed by atoms with Crippen LogP contribution >= 0.6 is 0 Å². The van der Waals surface area contributed by atoms with Crippen molar-refractivity contribution in [1.82, 2.24) is 35.6 Å². The van der Waals surface area contributed by atoms with Crippen molar-refractivity contribution in [3.8, 4) is 35.1 Å². The van der Waals surface area contributed by atoms with Crippen LogP contribution in [0.2, 0.25) is 0 Å². The standard InChI is InChI=1S/C34H43N5O8.C29H35N5O6.C10H18O5/c1-15-10-18-11-20-22(13-35)39-21(26(38(20)7)24(18)28(41)30(15)45-8)12-19-25(29(42)31(46-9)16(2)27(19)40)23(39)14-36-32(43)17(3)37-33(44)47-34(4,5)6;1-12-7-15-8-17-19(10-30)34-18(23(33(17)4)21(15)25(36)27(12)39-5)9-16-22(20(34)11-32-29(38)14(3)31)26(37)28(40-6)13(2)24(16)35;1-9(2,3)14-7(11)13-8(12)15-10(4,5)6/h10,17,20-23,26,41H,11-12,14H2,1-9H3,(H,36,43)(H,37,44);7,14,17-20,23,36H,8-9,11,31H2,1-6H3,(H,32,38);1-6H3/t17-,20-,21?,22-,23-,26-;14-,17-,18?,19-,20-,23-;/m00./s1. The number of amides is 3. The number of likely N-dealkylation sites (N-methyl/N-ethyl adjacent to an activating group) is 2. The Labute approximate surface area is 594 Å². The SMILES string of the molecule is CC(C)(C)OC(=O)OC(=O)OC(C)(C)C.COC1=C(C)C(=O)C2=C(C1=O)[C@H](CNC(=O)[C@H](C)N)N1C(C2)[C@H]2c3c(cc(C)c(OC)c3O)C[C@@H]([C@@H]1C#N)N2C.COC1=C(C)C(=O)C2=C(C1=O)[C@H](CNC(=O)[C@H](C)NC(=O)OC(C)(C)C)N1C(C2)[C@H]2c3c(cc(C)c(OC)c3O)C[C@@H]([C@@H]1C#N)N2C. The van der Waals surface area contributed by atoms with E-state index in [9.17, 15) is 63.9 Å². The number of carbonyl (C=O) groups is 9. The second kappa shape index (κ2) is 29.9. The number of benzene rings is 2. The summed E-state index contributed by atoms with van der Waals surface area (Å²) in [6.07, 6.45) is -1.64. The zero-order chi connectivity index (χ0) is 76.2. The number of nitrogens with two attached hydrogens (primary N) is 1. The Morgan fingerprint density at radius 2 is 0.931 bits per heavy atom. The third kappa shape index (κ3) is 15.1. The van der Waals surface area contributed by atoms with Crippen LogP contribution < -0.4 is 31.2 Å². The smallest absolute Gasteiger partial charge is 0.504 e. The lowest BCUT2D eigenvalue weighted by atomic mass is 9.69. The Balaban J connectivity index is 0.000000218. The molecule has 2 fully saturated rings. The van der Waals surface area contributed by atoms with Crippen molar-refractivity contribution in [2.45, 2.75) is 219 Å². The molecule has 2 aromatic rings. The van der Waals surface area contributed by atoms with Crippen molar-refractivity contribution < 1.29 is 91.3 Å². The number of methoxy groups -OCH3 is 4. The predicted molar refractivity (Wildman–Crippen MR) is 367 cm³/mol. The first-order chi connectivity index (χ1) is 47.5. The quantitative estimate of drug-likeness (QED) is 0.0648. The largest absolute Gasteiger partial charge is 0.519 e. The van der Waals surface area contributed by atoms with Gasteiger partial charge in [0.15, 0.2) is 46.1 Å². The number of ether oxygens (including phenoxy) is 8. The summed E-state index contributed by atoms with van der Waals surface area (Å²) in [6.45, 7) is 24.9. The van der Waals surface area contributed by atoms with Gasteiger partial charge in [-0.15, -0.1) is 0 Å². The predicted octanol–water partition coefficient (Wildman–Crippen LogP) is 6.01. The molecule has 552 valence electrons. The maximum Gasteiger partial charge on any atom is 0.519 e. The van der Waals surface area contributed by atoms with Crippen molar-refractivity contribution in [3.63, 3.8) is 0 Å². The second-order valence-corrected chi connectivity index (χ2v) is 29.8. The summed E-state index contributed by atoms with van der Waals surface area (Å²) in [5.74, 6) is -1.83. The molecule has 2 unspecified atom stereocenters. The van der Waals surface area contributed by atoms with E-state index in [0.717, 1.165) is 22.3 Å². The Bertz CT molecular complexity index is 4000. The molecule has 102 heavy (non-hydrogen) atoms. The number of nitriles is 2. The van der Waals surface area contributed by atoms with Crippen molar-refractivity contribution in [1.29, 1.82) is 10.5 Å². The fraction of sp³-hybridized carbons (Fsp3) is 0.575. The molecular formula is C73H96N10O19. The van der Waals surface area contributed by atoms with Crippen LogP contribution in [0.4, 0.5) is 14.4 Å². The van der Waals surface area contributed by atoms with Crippen LogP contribution in [0, 0.1) is 36.5 Å². The number of fused-ring (bicyclic) bond motifs is 12. The summed E-state index contributed by atoms with van der Waals surface area (Å²) in [7, 11) is 9.50. The molecule has 3 amide bonds. The van der Waals surface area contributed by atoms with E-state index in [1.54, 1.807) is 83.1 Å². The maximum atomic E-state index is 14.0. The molecule has 2 saturated heterocycles. The Kier molecular flexibility index (Phi) is 23.0. The van der Waals surface area contributed by atoms with Gasteiger partial charge in [-0.25, -0.2) is 14.4 Å². The van der Waals surface area contributed by atoms with Crippen LogP contribution in [0.3, 0.4) is 0 Å². The van der Waals surface area contributed by atoms with Crippen molar-refractivity contribution in [3.05, 3.63) is 90.5 Å². The molecule has 7 N–H and O–H groups in total. The summed E-state index contributed by atoms with van der Waals surface area (Å²) >= 11 is 0. The van der Waals surface area contributed by atoms with Crippen LogP contribution in [0.15, 0.2) is 57.1 Å². The number of piperazine rings is 2. The molecule has 29 nitrogen and oxygen atoms in total. The van der Waals surface area contributed by atoms with Crippen LogP contribution in [-0.2, 0) is 70.0 Å². The average molecular weight is 1420 g/mol. The maximum absolute atomic E-state index is 14.0. The molecule has 10 rings (SSSR count). The van der Waals surface area contributed by atoms with Crippen LogP contribution in [0.5, 0.6) is 23.0 Å². The van der Waals surface area contributed by atoms with Crippen molar-refractivity contribution >= 4 is 53.4 Å². The van der Waals surface area contributed by atoms with Gasteiger partial charge in [0.1, 0.15) is 34.9 Å². The summed E-state index contributed by atoms with van der Waals surface area (Å²) in [5, 5.41) is 52.4. The molecule has 4 bridgehead atoms. The van der Waals surface area contributed by atoms with Gasteiger partial charge < -0.3 is 69.8 Å². The van der Waals surface area contributed by atoms with Gasteiger partial charge in [-0.05, 0) is 166 Å². The number of allylic oxidation sites excluding steroid dienone is 4. The number of phenolic OH excluding ortho intramolecular Hbond substituents is 2. The average Bonchev–Trinajstić information content (AvgIpc) is 0.706. The van der Waals surface area contributed by atoms with E-state index in [4.69, 9.17) is 38.9 Å². The van der Waals surface area contributed by atoms with E-state index in [1.807, 2.05) is 49.9 Å². The second-order valence-electron chi connectivity index (χ2n) is 29.8.